The first-order valence-electron chi connectivity index (χ1n) is 5.19. The topological polar surface area (TPSA) is 52.3 Å². The van der Waals surface area contributed by atoms with Crippen molar-refractivity contribution in [3.63, 3.8) is 0 Å². The predicted molar refractivity (Wildman–Crippen MR) is 53.6 cm³/mol. The van der Waals surface area contributed by atoms with Gasteiger partial charge in [-0.15, -0.1) is 0 Å². The van der Waals surface area contributed by atoms with Gasteiger partial charge in [0, 0.05) is 0 Å². The highest BCUT2D eigenvalue weighted by Crippen LogP contribution is 2.26. The Morgan fingerprint density at radius 2 is 1.88 bits per heavy atom. The molecule has 0 aromatic carbocycles. The molecular weight excluding hydrogens is 223 g/mol. The first-order valence-corrected chi connectivity index (χ1v) is 5.19. The van der Waals surface area contributed by atoms with Crippen molar-refractivity contribution in [1.82, 2.24) is 0 Å². The van der Waals surface area contributed by atoms with E-state index in [0.29, 0.717) is 0 Å². The minimum absolute atomic E-state index is 0.0115. The third-order valence-electron chi connectivity index (χ3n) is 2.11. The van der Waals surface area contributed by atoms with Crippen molar-refractivity contribution in [3.8, 4) is 0 Å². The lowest BCUT2D eigenvalue weighted by atomic mass is 9.97. The summed E-state index contributed by atoms with van der Waals surface area (Å²) >= 11 is 0. The smallest absolute Gasteiger partial charge is 0.404 e. The van der Waals surface area contributed by atoms with Crippen LogP contribution in [0, 0.1) is 11.8 Å². The number of halogens is 3. The Hall–Kier alpha value is -0.780. The van der Waals surface area contributed by atoms with Crippen LogP contribution in [-0.2, 0) is 9.53 Å². The summed E-state index contributed by atoms with van der Waals surface area (Å²) in [6.07, 6.45) is -4.56. The van der Waals surface area contributed by atoms with E-state index in [1.165, 1.54) is 6.92 Å². The number of nitrogens with two attached hydrogens (primary N) is 1. The molecule has 0 saturated heterocycles. The Balaban J connectivity index is 4.43. The molecule has 16 heavy (non-hydrogen) atoms. The maximum Gasteiger partial charge on any atom is 0.404 e. The molecule has 0 radical (unpaired) electrons. The molecule has 0 bridgehead atoms. The Bertz CT molecular complexity index is 229. The highest BCUT2D eigenvalue weighted by atomic mass is 19.4. The zero-order valence-corrected chi connectivity index (χ0v) is 9.67. The van der Waals surface area contributed by atoms with Gasteiger partial charge in [0.2, 0.25) is 0 Å². The molecular formula is C10H18F3NO2. The summed E-state index contributed by atoms with van der Waals surface area (Å²) < 4.78 is 41.7. The predicted octanol–water partition coefficient (Wildman–Crippen LogP) is 2.10. The molecule has 0 aromatic rings. The van der Waals surface area contributed by atoms with Crippen molar-refractivity contribution in [1.29, 1.82) is 0 Å². The minimum atomic E-state index is -4.57. The molecule has 0 aromatic heterocycles. The van der Waals surface area contributed by atoms with E-state index >= 15 is 0 Å². The number of esters is 1. The molecule has 2 N–H and O–H groups in total. The van der Waals surface area contributed by atoms with Crippen LogP contribution < -0.4 is 5.73 Å². The van der Waals surface area contributed by atoms with E-state index in [0.717, 1.165) is 0 Å². The Morgan fingerprint density at radius 1 is 1.38 bits per heavy atom. The summed E-state index contributed by atoms with van der Waals surface area (Å²) in [7, 11) is 0. The van der Waals surface area contributed by atoms with Crippen molar-refractivity contribution in [2.45, 2.75) is 39.4 Å². The largest absolute Gasteiger partial charge is 0.465 e. The fourth-order valence-electron chi connectivity index (χ4n) is 1.15. The number of ether oxygens (including phenoxy) is 1. The monoisotopic (exact) mass is 241 g/mol. The minimum Gasteiger partial charge on any atom is -0.465 e. The molecule has 0 heterocycles. The van der Waals surface area contributed by atoms with Gasteiger partial charge in [-0.25, -0.2) is 0 Å². The lowest BCUT2D eigenvalue weighted by molar-refractivity contribution is -0.177. The normalized spacial score (nSPS) is 16.0. The fraction of sp³-hybridized carbons (Fsp3) is 0.900. The molecule has 0 amide bonds. The van der Waals surface area contributed by atoms with Crippen molar-refractivity contribution < 1.29 is 22.7 Å². The van der Waals surface area contributed by atoms with Crippen molar-refractivity contribution in [2.75, 3.05) is 6.61 Å². The number of hydrogen-bond donors (Lipinski definition) is 1. The van der Waals surface area contributed by atoms with Gasteiger partial charge in [-0.1, -0.05) is 20.8 Å². The molecule has 0 fully saturated rings. The molecule has 0 rings (SSSR count). The average molecular weight is 241 g/mol. The van der Waals surface area contributed by atoms with Gasteiger partial charge in [0.25, 0.3) is 0 Å². The van der Waals surface area contributed by atoms with Gasteiger partial charge in [-0.2, -0.15) is 13.2 Å². The number of hydrogen-bond acceptors (Lipinski definition) is 3. The van der Waals surface area contributed by atoms with E-state index < -0.39 is 24.1 Å². The fourth-order valence-corrected chi connectivity index (χ4v) is 1.15. The van der Waals surface area contributed by atoms with Crippen LogP contribution >= 0.6 is 0 Å². The summed E-state index contributed by atoms with van der Waals surface area (Å²) in [4.78, 5) is 11.4. The zero-order chi connectivity index (χ0) is 12.9. The summed E-state index contributed by atoms with van der Waals surface area (Å²) in [5, 5.41) is 0. The standard InChI is InChI=1S/C10H18F3NO2/c1-4-7(8(14)10(11,12)13)9(15)16-5-6(2)3/h6-8H,4-5,14H2,1-3H3/t7-,8-/m0/s1. The maximum atomic E-state index is 12.3. The summed E-state index contributed by atoms with van der Waals surface area (Å²) in [6.45, 7) is 5.20. The third-order valence-corrected chi connectivity index (χ3v) is 2.11. The molecule has 0 aliphatic carbocycles. The molecule has 0 unspecified atom stereocenters. The van der Waals surface area contributed by atoms with Crippen LogP contribution in [0.3, 0.4) is 0 Å². The maximum absolute atomic E-state index is 12.3. The molecule has 2 atom stereocenters. The molecule has 0 saturated carbocycles. The lowest BCUT2D eigenvalue weighted by Gasteiger charge is -2.23. The SMILES string of the molecule is CC[C@H](C(=O)OCC(C)C)[C@H](N)C(F)(F)F. The van der Waals surface area contributed by atoms with E-state index in [2.05, 4.69) is 0 Å². The van der Waals surface area contributed by atoms with Crippen LogP contribution in [0.2, 0.25) is 0 Å². The van der Waals surface area contributed by atoms with Crippen LogP contribution in [0.5, 0.6) is 0 Å². The summed E-state index contributed by atoms with van der Waals surface area (Å²) in [5.41, 5.74) is 4.99. The van der Waals surface area contributed by atoms with E-state index in [1.54, 1.807) is 13.8 Å². The van der Waals surface area contributed by atoms with Gasteiger partial charge in [0.05, 0.1) is 12.5 Å². The zero-order valence-electron chi connectivity index (χ0n) is 9.67. The summed E-state index contributed by atoms with van der Waals surface area (Å²) in [6, 6.07) is -2.16. The number of carbonyl (C=O) groups excluding carboxylic acids is 1. The lowest BCUT2D eigenvalue weighted by Crippen LogP contribution is -2.47. The molecule has 3 nitrogen and oxygen atoms in total. The van der Waals surface area contributed by atoms with Crippen LogP contribution in [0.1, 0.15) is 27.2 Å². The third kappa shape index (κ3) is 4.83. The van der Waals surface area contributed by atoms with Crippen LogP contribution in [-0.4, -0.2) is 24.8 Å². The second kappa shape index (κ2) is 6.08. The first-order chi connectivity index (χ1) is 7.20. The highest BCUT2D eigenvalue weighted by molar-refractivity contribution is 5.73. The van der Waals surface area contributed by atoms with Gasteiger partial charge in [0.15, 0.2) is 0 Å². The molecule has 6 heteroatoms. The van der Waals surface area contributed by atoms with E-state index in [9.17, 15) is 18.0 Å². The van der Waals surface area contributed by atoms with Gasteiger partial charge < -0.3 is 10.5 Å². The second-order valence-corrected chi connectivity index (χ2v) is 4.11. The molecule has 0 aliphatic heterocycles. The van der Waals surface area contributed by atoms with Crippen molar-refractivity contribution >= 4 is 5.97 Å². The average Bonchev–Trinajstić information content (AvgIpc) is 2.14. The van der Waals surface area contributed by atoms with Crippen LogP contribution in [0.25, 0.3) is 0 Å². The van der Waals surface area contributed by atoms with Crippen LogP contribution in [0.15, 0.2) is 0 Å². The van der Waals surface area contributed by atoms with Gasteiger partial charge >= 0.3 is 12.1 Å². The van der Waals surface area contributed by atoms with Gasteiger partial charge in [-0.05, 0) is 12.3 Å². The Kier molecular flexibility index (Phi) is 5.78. The van der Waals surface area contributed by atoms with E-state index in [-0.39, 0.29) is 18.9 Å². The Labute approximate surface area is 93.1 Å². The quantitative estimate of drug-likeness (QED) is 0.750. The second-order valence-electron chi connectivity index (χ2n) is 4.11. The van der Waals surface area contributed by atoms with Crippen LogP contribution in [0.4, 0.5) is 13.2 Å². The molecule has 96 valence electrons. The number of carbonyl (C=O) groups is 1. The van der Waals surface area contributed by atoms with E-state index in [1.807, 2.05) is 0 Å². The first kappa shape index (κ1) is 15.2. The van der Waals surface area contributed by atoms with Crippen molar-refractivity contribution in [2.24, 2.45) is 17.6 Å². The van der Waals surface area contributed by atoms with Gasteiger partial charge in [0.1, 0.15) is 6.04 Å². The Morgan fingerprint density at radius 3 is 2.19 bits per heavy atom. The number of alkyl halides is 3. The number of rotatable bonds is 5. The van der Waals surface area contributed by atoms with E-state index in [4.69, 9.17) is 10.5 Å². The van der Waals surface area contributed by atoms with Crippen molar-refractivity contribution in [3.05, 3.63) is 0 Å². The highest BCUT2D eigenvalue weighted by Gasteiger charge is 2.44. The summed E-state index contributed by atoms with van der Waals surface area (Å²) in [5.74, 6) is -2.11. The molecule has 0 aliphatic rings. The molecule has 0 spiro atoms. The van der Waals surface area contributed by atoms with Gasteiger partial charge in [-0.3, -0.25) is 4.79 Å².